The van der Waals surface area contributed by atoms with Crippen LogP contribution in [-0.4, -0.2) is 40.3 Å². The third kappa shape index (κ3) is 5.26. The van der Waals surface area contributed by atoms with E-state index in [1.54, 1.807) is 10.7 Å². The van der Waals surface area contributed by atoms with Crippen molar-refractivity contribution in [1.29, 1.82) is 0 Å². The molecule has 172 valence electrons. The summed E-state index contributed by atoms with van der Waals surface area (Å²) in [4.78, 5) is 6.58. The molecule has 0 saturated heterocycles. The molecule has 1 fully saturated rings. The van der Waals surface area contributed by atoms with Crippen molar-refractivity contribution in [2.45, 2.75) is 50.9 Å². The first-order chi connectivity index (χ1) is 15.3. The molecule has 32 heavy (non-hydrogen) atoms. The van der Waals surface area contributed by atoms with E-state index in [0.717, 1.165) is 41.9 Å². The summed E-state index contributed by atoms with van der Waals surface area (Å²) in [5.74, 6) is 1.54. The van der Waals surface area contributed by atoms with Gasteiger partial charge in [0.05, 0.1) is 18.3 Å². The molecule has 4 rings (SSSR count). The summed E-state index contributed by atoms with van der Waals surface area (Å²) in [5.41, 5.74) is 2.00. The molecule has 1 aromatic heterocycles. The van der Waals surface area contributed by atoms with Gasteiger partial charge in [0.2, 0.25) is 0 Å². The van der Waals surface area contributed by atoms with Crippen LogP contribution in [0.4, 0.5) is 13.2 Å². The second kappa shape index (κ2) is 9.26. The highest BCUT2D eigenvalue weighted by Gasteiger charge is 2.30. The molecule has 9 heteroatoms. The van der Waals surface area contributed by atoms with Crippen LogP contribution in [0.1, 0.15) is 48.8 Å². The molecule has 0 atom stereocenters. The number of halogens is 3. The monoisotopic (exact) mass is 446 g/mol. The number of aliphatic imine (C=N–C) groups is 1. The molecule has 2 N–H and O–H groups in total. The molecule has 2 heterocycles. The Morgan fingerprint density at radius 1 is 1.19 bits per heavy atom. The number of guanidine groups is 1. The van der Waals surface area contributed by atoms with Crippen LogP contribution in [0.15, 0.2) is 47.5 Å². The fraction of sp³-hybridized carbons (Fsp3) is 0.478. The normalized spacial score (nSPS) is 19.4. The molecule has 0 amide bonds. The maximum absolute atomic E-state index is 13.0. The molecule has 1 saturated carbocycles. The fourth-order valence-electron chi connectivity index (χ4n) is 4.23. The van der Waals surface area contributed by atoms with Gasteiger partial charge in [-0.1, -0.05) is 31.4 Å². The number of benzene rings is 1. The molecular formula is C23H29F3N6. The van der Waals surface area contributed by atoms with Crippen LogP contribution in [-0.2, 0) is 19.8 Å². The lowest BCUT2D eigenvalue weighted by Crippen LogP contribution is -2.49. The van der Waals surface area contributed by atoms with Crippen LogP contribution in [0.25, 0.3) is 5.57 Å². The van der Waals surface area contributed by atoms with Crippen LogP contribution >= 0.6 is 0 Å². The average Bonchev–Trinajstić information content (AvgIpc) is 3.20. The van der Waals surface area contributed by atoms with Gasteiger partial charge in [-0.25, -0.2) is 4.99 Å². The first-order valence-corrected chi connectivity index (χ1v) is 11.0. The summed E-state index contributed by atoms with van der Waals surface area (Å²) >= 11 is 0. The lowest BCUT2D eigenvalue weighted by atomic mass is 9.95. The number of hydrogen-bond donors (Lipinski definition) is 2. The van der Waals surface area contributed by atoms with E-state index in [0.29, 0.717) is 24.1 Å². The molecule has 0 bridgehead atoms. The zero-order chi connectivity index (χ0) is 22.7. The first-order valence-electron chi connectivity index (χ1n) is 11.0. The number of likely N-dealkylation sites (N-methyl/N-ethyl adjacent to an activating group) is 1. The van der Waals surface area contributed by atoms with E-state index in [9.17, 15) is 13.2 Å². The number of nitrogens with zero attached hydrogens (tertiary/aromatic N) is 4. The lowest BCUT2D eigenvalue weighted by molar-refractivity contribution is -0.137. The quantitative estimate of drug-likeness (QED) is 0.726. The smallest absolute Gasteiger partial charge is 0.369 e. The Hall–Kier alpha value is -2.97. The molecule has 0 spiro atoms. The van der Waals surface area contributed by atoms with Crippen molar-refractivity contribution in [3.05, 3.63) is 59.2 Å². The van der Waals surface area contributed by atoms with Crippen LogP contribution in [0.2, 0.25) is 0 Å². The number of rotatable bonds is 5. The van der Waals surface area contributed by atoms with E-state index in [1.807, 2.05) is 31.4 Å². The Labute approximate surface area is 186 Å². The van der Waals surface area contributed by atoms with Gasteiger partial charge in [0.25, 0.3) is 0 Å². The predicted molar refractivity (Wildman–Crippen MR) is 118 cm³/mol. The van der Waals surface area contributed by atoms with Gasteiger partial charge in [-0.05, 0) is 30.5 Å². The number of aryl methyl sites for hydroxylation is 1. The van der Waals surface area contributed by atoms with Crippen molar-refractivity contribution in [2.75, 3.05) is 13.6 Å². The Balaban J connectivity index is 1.57. The van der Waals surface area contributed by atoms with Crippen molar-refractivity contribution >= 4 is 11.5 Å². The minimum Gasteiger partial charge on any atom is -0.369 e. The second-order valence-corrected chi connectivity index (χ2v) is 8.55. The Bertz CT molecular complexity index is 1000. The van der Waals surface area contributed by atoms with Crippen LogP contribution < -0.4 is 10.6 Å². The Morgan fingerprint density at radius 3 is 2.66 bits per heavy atom. The SMILES string of the molecule is CN1CC(c2cnn(C)c2)=C(NC2CCCCC2)NC1=NCc1cccc(C(F)(F)F)c1. The van der Waals surface area contributed by atoms with Crippen LogP contribution in [0.5, 0.6) is 0 Å². The first kappa shape index (κ1) is 22.2. The molecule has 2 aromatic rings. The number of hydrogen-bond acceptors (Lipinski definition) is 3. The van der Waals surface area contributed by atoms with E-state index < -0.39 is 11.7 Å². The average molecular weight is 447 g/mol. The molecule has 1 aliphatic heterocycles. The third-order valence-corrected chi connectivity index (χ3v) is 5.97. The molecule has 2 aliphatic rings. The van der Waals surface area contributed by atoms with Gasteiger partial charge < -0.3 is 15.5 Å². The highest BCUT2D eigenvalue weighted by Crippen LogP contribution is 2.30. The molecular weight excluding hydrogens is 417 g/mol. The fourth-order valence-corrected chi connectivity index (χ4v) is 4.23. The number of nitrogens with one attached hydrogen (secondary N) is 2. The summed E-state index contributed by atoms with van der Waals surface area (Å²) in [7, 11) is 3.81. The van der Waals surface area contributed by atoms with Gasteiger partial charge in [-0.15, -0.1) is 0 Å². The van der Waals surface area contributed by atoms with Crippen molar-refractivity contribution < 1.29 is 13.2 Å². The molecule has 1 aromatic carbocycles. The predicted octanol–water partition coefficient (Wildman–Crippen LogP) is 4.12. The van der Waals surface area contributed by atoms with Gasteiger partial charge in [-0.3, -0.25) is 4.68 Å². The van der Waals surface area contributed by atoms with E-state index in [4.69, 9.17) is 0 Å². The van der Waals surface area contributed by atoms with Crippen molar-refractivity contribution in [1.82, 2.24) is 25.3 Å². The summed E-state index contributed by atoms with van der Waals surface area (Å²) in [5, 5.41) is 11.4. The van der Waals surface area contributed by atoms with E-state index in [1.165, 1.54) is 25.3 Å². The largest absolute Gasteiger partial charge is 0.416 e. The summed E-state index contributed by atoms with van der Waals surface area (Å²) in [6.45, 7) is 0.782. The van der Waals surface area contributed by atoms with E-state index in [-0.39, 0.29) is 6.54 Å². The number of aromatic nitrogens is 2. The summed E-state index contributed by atoms with van der Waals surface area (Å²) in [6, 6.07) is 5.72. The van der Waals surface area contributed by atoms with Gasteiger partial charge in [-0.2, -0.15) is 18.3 Å². The topological polar surface area (TPSA) is 57.5 Å². The van der Waals surface area contributed by atoms with Crippen LogP contribution in [0, 0.1) is 0 Å². The van der Waals surface area contributed by atoms with Crippen LogP contribution in [0.3, 0.4) is 0 Å². The van der Waals surface area contributed by atoms with Gasteiger partial charge in [0.1, 0.15) is 5.82 Å². The molecule has 0 unspecified atom stereocenters. The summed E-state index contributed by atoms with van der Waals surface area (Å²) in [6.07, 6.45) is 5.41. The third-order valence-electron chi connectivity index (χ3n) is 5.97. The van der Waals surface area contributed by atoms with E-state index >= 15 is 0 Å². The van der Waals surface area contributed by atoms with Crippen molar-refractivity contribution in [2.24, 2.45) is 12.0 Å². The zero-order valence-corrected chi connectivity index (χ0v) is 18.4. The van der Waals surface area contributed by atoms with Gasteiger partial charge in [0, 0.05) is 44.0 Å². The maximum atomic E-state index is 13.0. The molecule has 6 nitrogen and oxygen atoms in total. The minimum atomic E-state index is -4.36. The highest BCUT2D eigenvalue weighted by molar-refractivity contribution is 5.88. The molecule has 1 aliphatic carbocycles. The Morgan fingerprint density at radius 2 is 1.97 bits per heavy atom. The van der Waals surface area contributed by atoms with Crippen molar-refractivity contribution in [3.8, 4) is 0 Å². The van der Waals surface area contributed by atoms with Gasteiger partial charge in [0.15, 0.2) is 5.96 Å². The highest BCUT2D eigenvalue weighted by atomic mass is 19.4. The number of alkyl halides is 3. The Kier molecular flexibility index (Phi) is 6.43. The van der Waals surface area contributed by atoms with E-state index in [2.05, 4.69) is 20.7 Å². The van der Waals surface area contributed by atoms with Gasteiger partial charge >= 0.3 is 6.18 Å². The van der Waals surface area contributed by atoms with Crippen molar-refractivity contribution in [3.63, 3.8) is 0 Å². The minimum absolute atomic E-state index is 0.162. The lowest BCUT2D eigenvalue weighted by Gasteiger charge is -2.34. The summed E-state index contributed by atoms with van der Waals surface area (Å²) < 4.78 is 40.9. The molecule has 0 radical (unpaired) electrons. The maximum Gasteiger partial charge on any atom is 0.416 e. The second-order valence-electron chi connectivity index (χ2n) is 8.55. The zero-order valence-electron chi connectivity index (χ0n) is 18.4. The standard InChI is InChI=1S/C23H29F3N6/c1-31-15-20(17-13-28-32(2)14-17)21(29-19-9-4-3-5-10-19)30-22(31)27-12-16-7-6-8-18(11-16)23(24,25)26/h6-8,11,13-14,19,29H,3-5,9-10,12,15H2,1-2H3,(H,27,30).